The van der Waals surface area contributed by atoms with Crippen molar-refractivity contribution in [2.24, 2.45) is 4.99 Å². The van der Waals surface area contributed by atoms with Gasteiger partial charge in [0, 0.05) is 6.21 Å². The summed E-state index contributed by atoms with van der Waals surface area (Å²) >= 11 is 0. The third-order valence-electron chi connectivity index (χ3n) is 1.49. The standard InChI is InChI=1S/C7H8N2O4/c1-2-13-7(10)5-3-8-4-6(5)9(11)12/h3H,2,4H2,1H3. The van der Waals surface area contributed by atoms with Gasteiger partial charge in [0.1, 0.15) is 6.54 Å². The van der Waals surface area contributed by atoms with Gasteiger partial charge in [-0.25, -0.2) is 4.79 Å². The second-order valence-electron chi connectivity index (χ2n) is 2.31. The van der Waals surface area contributed by atoms with E-state index in [2.05, 4.69) is 9.73 Å². The van der Waals surface area contributed by atoms with Crippen molar-refractivity contribution in [1.29, 1.82) is 0 Å². The Bertz CT molecular complexity index is 306. The van der Waals surface area contributed by atoms with Crippen LogP contribution in [-0.4, -0.2) is 30.3 Å². The number of nitro groups is 1. The van der Waals surface area contributed by atoms with Gasteiger partial charge in [0.2, 0.25) is 0 Å². The second kappa shape index (κ2) is 3.79. The summed E-state index contributed by atoms with van der Waals surface area (Å²) in [6.45, 7) is 1.78. The first kappa shape index (κ1) is 9.37. The molecule has 0 aromatic carbocycles. The number of hydrogen-bond donors (Lipinski definition) is 0. The first-order chi connectivity index (χ1) is 6.16. The van der Waals surface area contributed by atoms with Gasteiger partial charge >= 0.3 is 5.97 Å². The molecule has 0 aromatic rings. The molecule has 70 valence electrons. The van der Waals surface area contributed by atoms with Crippen molar-refractivity contribution in [1.82, 2.24) is 0 Å². The Kier molecular flexibility index (Phi) is 2.73. The average Bonchev–Trinajstić information content (AvgIpc) is 2.52. The van der Waals surface area contributed by atoms with Crippen LogP contribution in [0.15, 0.2) is 16.3 Å². The van der Waals surface area contributed by atoms with E-state index in [4.69, 9.17) is 0 Å². The van der Waals surface area contributed by atoms with Gasteiger partial charge in [0.15, 0.2) is 5.57 Å². The molecule has 1 aliphatic rings. The van der Waals surface area contributed by atoms with Crippen LogP contribution in [0.5, 0.6) is 0 Å². The minimum Gasteiger partial charge on any atom is -0.462 e. The molecule has 0 atom stereocenters. The summed E-state index contributed by atoms with van der Waals surface area (Å²) in [5.74, 6) is -0.685. The second-order valence-corrected chi connectivity index (χ2v) is 2.31. The van der Waals surface area contributed by atoms with Crippen LogP contribution in [0.25, 0.3) is 0 Å². The number of carbonyl (C=O) groups excluding carboxylic acids is 1. The normalized spacial score (nSPS) is 14.8. The first-order valence-corrected chi connectivity index (χ1v) is 3.71. The molecule has 0 unspecified atom stereocenters. The topological polar surface area (TPSA) is 81.8 Å². The fourth-order valence-corrected chi connectivity index (χ4v) is 0.919. The van der Waals surface area contributed by atoms with E-state index >= 15 is 0 Å². The van der Waals surface area contributed by atoms with Crippen LogP contribution in [-0.2, 0) is 9.53 Å². The highest BCUT2D eigenvalue weighted by Crippen LogP contribution is 2.11. The molecule has 6 nitrogen and oxygen atoms in total. The Morgan fingerprint density at radius 1 is 1.85 bits per heavy atom. The minimum atomic E-state index is -0.685. The van der Waals surface area contributed by atoms with Crippen molar-refractivity contribution in [3.8, 4) is 0 Å². The summed E-state index contributed by atoms with van der Waals surface area (Å²) < 4.78 is 4.61. The van der Waals surface area contributed by atoms with Crippen molar-refractivity contribution >= 4 is 12.2 Å². The average molecular weight is 184 g/mol. The lowest BCUT2D eigenvalue weighted by molar-refractivity contribution is -0.425. The molecule has 1 heterocycles. The smallest absolute Gasteiger partial charge is 0.346 e. The fourth-order valence-electron chi connectivity index (χ4n) is 0.919. The molecule has 13 heavy (non-hydrogen) atoms. The lowest BCUT2D eigenvalue weighted by Crippen LogP contribution is -2.13. The molecule has 0 spiro atoms. The summed E-state index contributed by atoms with van der Waals surface area (Å²) in [7, 11) is 0. The van der Waals surface area contributed by atoms with E-state index in [1.165, 1.54) is 6.21 Å². The predicted octanol–water partition coefficient (Wildman–Crippen LogP) is 0.165. The highest BCUT2D eigenvalue weighted by Gasteiger charge is 2.27. The largest absolute Gasteiger partial charge is 0.462 e. The number of rotatable bonds is 3. The Hall–Kier alpha value is -1.72. The molecule has 1 aliphatic heterocycles. The zero-order valence-electron chi connectivity index (χ0n) is 7.02. The van der Waals surface area contributed by atoms with Crippen LogP contribution in [0.2, 0.25) is 0 Å². The maximum absolute atomic E-state index is 11.1. The van der Waals surface area contributed by atoms with Gasteiger partial charge in [-0.1, -0.05) is 0 Å². The van der Waals surface area contributed by atoms with E-state index in [0.717, 1.165) is 0 Å². The molecule has 0 fully saturated rings. The lowest BCUT2D eigenvalue weighted by atomic mass is 10.2. The molecule has 0 radical (unpaired) electrons. The van der Waals surface area contributed by atoms with Gasteiger partial charge in [0.05, 0.1) is 11.5 Å². The van der Waals surface area contributed by atoms with Crippen molar-refractivity contribution in [3.05, 3.63) is 21.4 Å². The summed E-state index contributed by atoms with van der Waals surface area (Å²) in [6, 6.07) is 0. The van der Waals surface area contributed by atoms with Crippen LogP contribution in [0.3, 0.4) is 0 Å². The Labute approximate surface area is 74.1 Å². The summed E-state index contributed by atoms with van der Waals surface area (Å²) in [4.78, 5) is 24.5. The third-order valence-corrected chi connectivity index (χ3v) is 1.49. The monoisotopic (exact) mass is 184 g/mol. The number of aliphatic imine (C=N–C) groups is 1. The van der Waals surface area contributed by atoms with E-state index in [1.807, 2.05) is 0 Å². The molecule has 0 bridgehead atoms. The number of esters is 1. The van der Waals surface area contributed by atoms with E-state index in [-0.39, 0.29) is 24.4 Å². The van der Waals surface area contributed by atoms with E-state index in [0.29, 0.717) is 0 Å². The van der Waals surface area contributed by atoms with Gasteiger partial charge < -0.3 is 4.74 Å². The maximum atomic E-state index is 11.1. The van der Waals surface area contributed by atoms with Gasteiger partial charge in [-0.05, 0) is 6.92 Å². The van der Waals surface area contributed by atoms with E-state index in [9.17, 15) is 14.9 Å². The maximum Gasteiger partial charge on any atom is 0.346 e. The molecule has 0 saturated carbocycles. The Morgan fingerprint density at radius 3 is 3.08 bits per heavy atom. The first-order valence-electron chi connectivity index (χ1n) is 3.71. The number of ether oxygens (including phenoxy) is 1. The highest BCUT2D eigenvalue weighted by atomic mass is 16.6. The van der Waals surface area contributed by atoms with Crippen molar-refractivity contribution in [3.63, 3.8) is 0 Å². The molecular weight excluding hydrogens is 176 g/mol. The van der Waals surface area contributed by atoms with Crippen LogP contribution in [0, 0.1) is 10.1 Å². The summed E-state index contributed by atoms with van der Waals surface area (Å²) in [5.41, 5.74) is -0.245. The zero-order chi connectivity index (χ0) is 9.84. The quantitative estimate of drug-likeness (QED) is 0.355. The highest BCUT2D eigenvalue weighted by molar-refractivity contribution is 6.11. The summed E-state index contributed by atoms with van der Waals surface area (Å²) in [6.07, 6.45) is 1.18. The minimum absolute atomic E-state index is 0.0492. The molecule has 0 amide bonds. The Balaban J connectivity index is 2.86. The van der Waals surface area contributed by atoms with E-state index < -0.39 is 10.9 Å². The van der Waals surface area contributed by atoms with Crippen molar-refractivity contribution < 1.29 is 14.5 Å². The van der Waals surface area contributed by atoms with Gasteiger partial charge in [0.25, 0.3) is 5.70 Å². The number of hydrogen-bond acceptors (Lipinski definition) is 5. The predicted molar refractivity (Wildman–Crippen MR) is 44.0 cm³/mol. The Morgan fingerprint density at radius 2 is 2.54 bits per heavy atom. The number of carbonyl (C=O) groups is 1. The fraction of sp³-hybridized carbons (Fsp3) is 0.429. The molecule has 1 rings (SSSR count). The number of nitrogens with zero attached hydrogens (tertiary/aromatic N) is 2. The molecule has 0 N–H and O–H groups in total. The molecule has 0 aromatic heterocycles. The van der Waals surface area contributed by atoms with Gasteiger partial charge in [-0.2, -0.15) is 0 Å². The molecule has 0 saturated heterocycles. The third kappa shape index (κ3) is 1.90. The van der Waals surface area contributed by atoms with Crippen LogP contribution < -0.4 is 0 Å². The molecule has 6 heteroatoms. The van der Waals surface area contributed by atoms with Crippen LogP contribution >= 0.6 is 0 Å². The van der Waals surface area contributed by atoms with Gasteiger partial charge in [-0.15, -0.1) is 0 Å². The summed E-state index contributed by atoms with van der Waals surface area (Å²) in [5, 5.41) is 10.4. The van der Waals surface area contributed by atoms with Crippen LogP contribution in [0.4, 0.5) is 0 Å². The van der Waals surface area contributed by atoms with Crippen LogP contribution in [0.1, 0.15) is 6.92 Å². The van der Waals surface area contributed by atoms with E-state index in [1.54, 1.807) is 6.92 Å². The lowest BCUT2D eigenvalue weighted by Gasteiger charge is -1.98. The van der Waals surface area contributed by atoms with Gasteiger partial charge in [-0.3, -0.25) is 15.1 Å². The van der Waals surface area contributed by atoms with Crippen molar-refractivity contribution in [2.45, 2.75) is 6.92 Å². The SMILES string of the molecule is CCOC(=O)C1=C([N+](=O)[O-])CN=C1. The molecular formula is C7H8N2O4. The zero-order valence-corrected chi connectivity index (χ0v) is 7.02. The van der Waals surface area contributed by atoms with Crippen molar-refractivity contribution in [2.75, 3.05) is 13.2 Å². The molecule has 0 aliphatic carbocycles.